The van der Waals surface area contributed by atoms with Crippen molar-refractivity contribution >= 4 is 35.1 Å². The van der Waals surface area contributed by atoms with Crippen LogP contribution in [0.1, 0.15) is 29.0 Å². The summed E-state index contributed by atoms with van der Waals surface area (Å²) in [6.07, 6.45) is -0.129. The van der Waals surface area contributed by atoms with E-state index in [9.17, 15) is 14.4 Å². The van der Waals surface area contributed by atoms with Crippen molar-refractivity contribution in [3.8, 4) is 5.75 Å². The first-order valence-corrected chi connectivity index (χ1v) is 11.0. The molecule has 164 valence electrons. The average molecular weight is 451 g/mol. The third-order valence-corrected chi connectivity index (χ3v) is 6.01. The highest BCUT2D eigenvalue weighted by Crippen LogP contribution is 2.31. The van der Waals surface area contributed by atoms with Crippen molar-refractivity contribution in [2.45, 2.75) is 30.2 Å². The van der Waals surface area contributed by atoms with Gasteiger partial charge in [0.25, 0.3) is 5.56 Å². The molecule has 2 aromatic carbocycles. The van der Waals surface area contributed by atoms with Crippen LogP contribution in [0.25, 0.3) is 0 Å². The number of H-pyrrole nitrogens is 1. The first-order chi connectivity index (χ1) is 15.4. The number of methoxy groups -OCH3 is 1. The Hall–Kier alpha value is -3.59. The number of fused-ring (bicyclic) bond motifs is 1. The number of rotatable bonds is 6. The Bertz CT molecular complexity index is 1220. The number of aryl methyl sites for hydroxylation is 1. The molecule has 1 unspecified atom stereocenters. The number of nitrogens with one attached hydrogen (secondary N) is 3. The normalized spacial score (nSPS) is 14.9. The van der Waals surface area contributed by atoms with Crippen molar-refractivity contribution in [3.63, 3.8) is 0 Å². The van der Waals surface area contributed by atoms with Gasteiger partial charge in [0.1, 0.15) is 11.6 Å². The second-order valence-electron chi connectivity index (χ2n) is 7.43. The lowest BCUT2D eigenvalue weighted by Gasteiger charge is -2.23. The largest absolute Gasteiger partial charge is 0.497 e. The van der Waals surface area contributed by atoms with Gasteiger partial charge in [-0.3, -0.25) is 14.4 Å². The molecule has 0 radical (unpaired) electrons. The van der Waals surface area contributed by atoms with Gasteiger partial charge in [0.2, 0.25) is 11.8 Å². The molecule has 1 aromatic heterocycles. The third kappa shape index (κ3) is 4.83. The van der Waals surface area contributed by atoms with Crippen molar-refractivity contribution < 1.29 is 14.3 Å². The molecule has 2 heterocycles. The second-order valence-corrected chi connectivity index (χ2v) is 8.40. The molecule has 4 rings (SSSR count). The van der Waals surface area contributed by atoms with Gasteiger partial charge in [0.15, 0.2) is 5.16 Å². The summed E-state index contributed by atoms with van der Waals surface area (Å²) in [5.41, 5.74) is 2.51. The summed E-state index contributed by atoms with van der Waals surface area (Å²) in [6, 6.07) is 14.8. The smallest absolute Gasteiger partial charge is 0.257 e. The molecule has 1 aliphatic rings. The number of aromatic nitrogens is 2. The molecule has 0 aliphatic carbocycles. The lowest BCUT2D eigenvalue weighted by molar-refractivity contribution is -0.123. The fourth-order valence-electron chi connectivity index (χ4n) is 3.50. The molecule has 0 saturated heterocycles. The molecule has 8 nitrogen and oxygen atoms in total. The first kappa shape index (κ1) is 21.6. The van der Waals surface area contributed by atoms with Gasteiger partial charge in [-0.2, -0.15) is 0 Å². The van der Waals surface area contributed by atoms with E-state index in [2.05, 4.69) is 26.7 Å². The number of hydrogen-bond donors (Lipinski definition) is 3. The number of benzene rings is 2. The molecule has 1 atom stereocenters. The van der Waals surface area contributed by atoms with E-state index in [1.807, 2.05) is 25.1 Å². The molecule has 1 aliphatic heterocycles. The Balaban J connectivity index is 1.55. The predicted molar refractivity (Wildman–Crippen MR) is 123 cm³/mol. The summed E-state index contributed by atoms with van der Waals surface area (Å²) >= 11 is 1.36. The number of thioether (sulfide) groups is 1. The monoisotopic (exact) mass is 450 g/mol. The quantitative estimate of drug-likeness (QED) is 0.392. The standard InChI is InChI=1S/C23H22N4O4S/c1-13-4-3-5-14(10-13)12-32-23-26-20-19(22(30)27-23)17(11-18(28)25-20)21(29)24-15-6-8-16(31-2)9-7-15/h3-10,17H,11-12H2,1-2H3,(H,24,29)(H2,25,26,27,28,30). The Morgan fingerprint density at radius 2 is 2.00 bits per heavy atom. The summed E-state index contributed by atoms with van der Waals surface area (Å²) < 4.78 is 5.11. The molecule has 32 heavy (non-hydrogen) atoms. The average Bonchev–Trinajstić information content (AvgIpc) is 2.77. The third-order valence-electron chi connectivity index (χ3n) is 5.06. The van der Waals surface area contributed by atoms with E-state index in [1.54, 1.807) is 31.4 Å². The Morgan fingerprint density at radius 3 is 2.72 bits per heavy atom. The van der Waals surface area contributed by atoms with E-state index in [1.165, 1.54) is 11.8 Å². The Morgan fingerprint density at radius 1 is 1.22 bits per heavy atom. The predicted octanol–water partition coefficient (Wildman–Crippen LogP) is 3.44. The van der Waals surface area contributed by atoms with Gasteiger partial charge in [0, 0.05) is 17.9 Å². The highest BCUT2D eigenvalue weighted by Gasteiger charge is 2.34. The zero-order chi connectivity index (χ0) is 22.7. The summed E-state index contributed by atoms with van der Waals surface area (Å²) in [7, 11) is 1.55. The summed E-state index contributed by atoms with van der Waals surface area (Å²) in [4.78, 5) is 45.2. The topological polar surface area (TPSA) is 113 Å². The van der Waals surface area contributed by atoms with Gasteiger partial charge in [0.05, 0.1) is 18.6 Å². The maximum Gasteiger partial charge on any atom is 0.257 e. The molecule has 0 fully saturated rings. The van der Waals surface area contributed by atoms with Gasteiger partial charge >= 0.3 is 0 Å². The van der Waals surface area contributed by atoms with E-state index in [0.29, 0.717) is 22.3 Å². The van der Waals surface area contributed by atoms with Crippen molar-refractivity contribution in [3.05, 3.63) is 75.6 Å². The summed E-state index contributed by atoms with van der Waals surface area (Å²) in [5.74, 6) is -0.348. The second kappa shape index (κ2) is 9.27. The molecule has 2 amide bonds. The zero-order valence-electron chi connectivity index (χ0n) is 17.6. The lowest BCUT2D eigenvalue weighted by Crippen LogP contribution is -2.36. The van der Waals surface area contributed by atoms with Gasteiger partial charge in [-0.25, -0.2) is 4.98 Å². The fraction of sp³-hybridized carbons (Fsp3) is 0.217. The number of ether oxygens (including phenoxy) is 1. The summed E-state index contributed by atoms with van der Waals surface area (Å²) in [5, 5.41) is 5.77. The number of amides is 2. The summed E-state index contributed by atoms with van der Waals surface area (Å²) in [6.45, 7) is 2.01. The van der Waals surface area contributed by atoms with Crippen LogP contribution >= 0.6 is 11.8 Å². The maximum atomic E-state index is 12.9. The van der Waals surface area contributed by atoms with Crippen LogP contribution in [0, 0.1) is 6.92 Å². The maximum absolute atomic E-state index is 12.9. The molecule has 0 saturated carbocycles. The van der Waals surface area contributed by atoms with Crippen LogP contribution in [-0.2, 0) is 15.3 Å². The number of aromatic amines is 1. The number of carbonyl (C=O) groups is 2. The molecule has 3 aromatic rings. The Labute approximate surface area is 188 Å². The van der Waals surface area contributed by atoms with Gasteiger partial charge < -0.3 is 20.4 Å². The van der Waals surface area contributed by atoms with Crippen molar-refractivity contribution in [1.82, 2.24) is 9.97 Å². The van der Waals surface area contributed by atoms with E-state index >= 15 is 0 Å². The zero-order valence-corrected chi connectivity index (χ0v) is 18.4. The van der Waals surface area contributed by atoms with Crippen LogP contribution in [0.15, 0.2) is 58.5 Å². The minimum atomic E-state index is -0.937. The van der Waals surface area contributed by atoms with E-state index in [-0.39, 0.29) is 23.7 Å². The van der Waals surface area contributed by atoms with Gasteiger partial charge in [-0.15, -0.1) is 0 Å². The Kier molecular flexibility index (Phi) is 6.27. The highest BCUT2D eigenvalue weighted by atomic mass is 32.2. The number of carbonyl (C=O) groups excluding carboxylic acids is 2. The first-order valence-electron chi connectivity index (χ1n) is 10.0. The molecular weight excluding hydrogens is 428 g/mol. The lowest BCUT2D eigenvalue weighted by atomic mass is 9.92. The van der Waals surface area contributed by atoms with Gasteiger partial charge in [-0.05, 0) is 36.8 Å². The van der Waals surface area contributed by atoms with Crippen LogP contribution in [0.3, 0.4) is 0 Å². The van der Waals surface area contributed by atoms with E-state index in [4.69, 9.17) is 4.74 Å². The van der Waals surface area contributed by atoms with Crippen molar-refractivity contribution in [1.29, 1.82) is 0 Å². The number of hydrogen-bond acceptors (Lipinski definition) is 6. The van der Waals surface area contributed by atoms with Crippen LogP contribution < -0.4 is 20.9 Å². The number of anilines is 2. The van der Waals surface area contributed by atoms with Crippen LogP contribution in [-0.4, -0.2) is 28.9 Å². The van der Waals surface area contributed by atoms with Crippen molar-refractivity contribution in [2.75, 3.05) is 17.7 Å². The van der Waals surface area contributed by atoms with Crippen molar-refractivity contribution in [2.24, 2.45) is 0 Å². The van der Waals surface area contributed by atoms with Crippen LogP contribution in [0.4, 0.5) is 11.5 Å². The molecule has 0 spiro atoms. The molecule has 0 bridgehead atoms. The molecule has 9 heteroatoms. The van der Waals surface area contributed by atoms with E-state index < -0.39 is 17.4 Å². The fourth-order valence-corrected chi connectivity index (χ4v) is 4.30. The van der Waals surface area contributed by atoms with Crippen LogP contribution in [0.5, 0.6) is 5.75 Å². The molecular formula is C23H22N4O4S. The van der Waals surface area contributed by atoms with Gasteiger partial charge in [-0.1, -0.05) is 41.6 Å². The number of nitrogens with zero attached hydrogens (tertiary/aromatic N) is 1. The minimum absolute atomic E-state index is 0.129. The highest BCUT2D eigenvalue weighted by molar-refractivity contribution is 7.98. The van der Waals surface area contributed by atoms with Crippen LogP contribution in [0.2, 0.25) is 0 Å². The minimum Gasteiger partial charge on any atom is -0.497 e. The molecule has 3 N–H and O–H groups in total. The SMILES string of the molecule is COc1ccc(NC(=O)C2CC(=O)Nc3nc(SCc4cccc(C)c4)[nH]c(=O)c32)cc1. The van der Waals surface area contributed by atoms with E-state index in [0.717, 1.165) is 11.1 Å².